The predicted molar refractivity (Wildman–Crippen MR) is 101 cm³/mol. The number of rotatable bonds is 10. The summed E-state index contributed by atoms with van der Waals surface area (Å²) in [4.78, 5) is 23.7. The van der Waals surface area contributed by atoms with Gasteiger partial charge in [0.1, 0.15) is 24.6 Å². The Morgan fingerprint density at radius 2 is 2.07 bits per heavy atom. The minimum absolute atomic E-state index is 0.219. The maximum Gasteiger partial charge on any atom is 0.167 e. The van der Waals surface area contributed by atoms with E-state index in [4.69, 9.17) is 4.74 Å². The molecule has 3 rings (SSSR count). The summed E-state index contributed by atoms with van der Waals surface area (Å²) in [5.41, 5.74) is 0.954. The Morgan fingerprint density at radius 1 is 1.25 bits per heavy atom. The number of aliphatic hydroxyl groups is 3. The summed E-state index contributed by atoms with van der Waals surface area (Å²) in [6.07, 6.45) is 2.97. The monoisotopic (exact) mass is 393 g/mol. The summed E-state index contributed by atoms with van der Waals surface area (Å²) >= 11 is 0. The third-order valence-corrected chi connectivity index (χ3v) is 5.02. The van der Waals surface area contributed by atoms with Crippen LogP contribution in [-0.4, -0.2) is 72.1 Å². The molecule has 10 nitrogen and oxygen atoms in total. The standard InChI is InChI=1S/C18H27N5O5/c1-2-11(25)6-4-3-5-7-19-16-13-17(21-9-20-16)23(10-22-13)18-15(27)14(26)12(8-24)28-18/h8-12,14-15,18,25-27H,2-7H2,1H3,(H,19,20,21)/t11?,12-,14-,15-,18-/m1/s1. The van der Waals surface area contributed by atoms with Gasteiger partial charge in [0.15, 0.2) is 29.5 Å². The van der Waals surface area contributed by atoms with E-state index in [1.54, 1.807) is 0 Å². The van der Waals surface area contributed by atoms with Gasteiger partial charge < -0.3 is 30.2 Å². The van der Waals surface area contributed by atoms with Crippen LogP contribution < -0.4 is 5.32 Å². The highest BCUT2D eigenvalue weighted by Crippen LogP contribution is 2.31. The topological polar surface area (TPSA) is 143 Å². The maximum absolute atomic E-state index is 11.0. The van der Waals surface area contributed by atoms with Gasteiger partial charge in [0.05, 0.1) is 12.4 Å². The van der Waals surface area contributed by atoms with E-state index in [9.17, 15) is 20.1 Å². The Bertz CT molecular complexity index is 785. The summed E-state index contributed by atoms with van der Waals surface area (Å²) in [6, 6.07) is 0. The van der Waals surface area contributed by atoms with Crippen LogP contribution in [0, 0.1) is 0 Å². The van der Waals surface area contributed by atoms with Gasteiger partial charge in [0.25, 0.3) is 0 Å². The van der Waals surface area contributed by atoms with Gasteiger partial charge >= 0.3 is 0 Å². The zero-order valence-corrected chi connectivity index (χ0v) is 15.8. The van der Waals surface area contributed by atoms with E-state index in [0.717, 1.165) is 32.1 Å². The minimum Gasteiger partial charge on any atom is -0.393 e. The number of carbonyl (C=O) groups is 1. The molecule has 1 unspecified atom stereocenters. The number of anilines is 1. The van der Waals surface area contributed by atoms with Gasteiger partial charge in [-0.05, 0) is 19.3 Å². The van der Waals surface area contributed by atoms with Crippen LogP contribution in [0.4, 0.5) is 5.82 Å². The van der Waals surface area contributed by atoms with Crippen LogP contribution in [-0.2, 0) is 9.53 Å². The van der Waals surface area contributed by atoms with E-state index in [1.807, 2.05) is 6.92 Å². The van der Waals surface area contributed by atoms with Gasteiger partial charge in [0, 0.05) is 6.54 Å². The molecule has 4 N–H and O–H groups in total. The summed E-state index contributed by atoms with van der Waals surface area (Å²) in [5, 5.41) is 32.9. The number of carbonyl (C=O) groups excluding carboxylic acids is 1. The number of unbranched alkanes of at least 4 members (excludes halogenated alkanes) is 2. The van der Waals surface area contributed by atoms with Crippen molar-refractivity contribution in [1.29, 1.82) is 0 Å². The normalized spacial score (nSPS) is 25.9. The Hall–Kier alpha value is -2.14. The van der Waals surface area contributed by atoms with E-state index in [-0.39, 0.29) is 6.10 Å². The zero-order chi connectivity index (χ0) is 20.1. The highest BCUT2D eigenvalue weighted by Gasteiger charge is 2.44. The van der Waals surface area contributed by atoms with Gasteiger partial charge in [-0.3, -0.25) is 4.57 Å². The summed E-state index contributed by atoms with van der Waals surface area (Å²) in [7, 11) is 0. The molecule has 0 radical (unpaired) electrons. The highest BCUT2D eigenvalue weighted by atomic mass is 16.6. The zero-order valence-electron chi connectivity index (χ0n) is 15.8. The van der Waals surface area contributed by atoms with Crippen molar-refractivity contribution >= 4 is 23.3 Å². The summed E-state index contributed by atoms with van der Waals surface area (Å²) < 4.78 is 6.93. The molecule has 0 aliphatic carbocycles. The van der Waals surface area contributed by atoms with E-state index in [0.29, 0.717) is 29.8 Å². The second kappa shape index (κ2) is 9.37. The van der Waals surface area contributed by atoms with Crippen molar-refractivity contribution in [1.82, 2.24) is 19.5 Å². The number of aliphatic hydroxyl groups excluding tert-OH is 3. The fourth-order valence-electron chi connectivity index (χ4n) is 3.29. The molecule has 5 atom stereocenters. The first kappa shape index (κ1) is 20.6. The highest BCUT2D eigenvalue weighted by molar-refractivity contribution is 5.82. The van der Waals surface area contributed by atoms with E-state index in [2.05, 4.69) is 20.3 Å². The lowest BCUT2D eigenvalue weighted by atomic mass is 10.1. The molecule has 0 bridgehead atoms. The molecule has 28 heavy (non-hydrogen) atoms. The van der Waals surface area contributed by atoms with E-state index < -0.39 is 24.5 Å². The number of hydrogen-bond donors (Lipinski definition) is 4. The Labute approximate surface area is 162 Å². The van der Waals surface area contributed by atoms with Crippen LogP contribution in [0.15, 0.2) is 12.7 Å². The Balaban J connectivity index is 1.63. The fraction of sp³-hybridized carbons (Fsp3) is 0.667. The second-order valence-corrected chi connectivity index (χ2v) is 6.99. The van der Waals surface area contributed by atoms with E-state index >= 15 is 0 Å². The number of ether oxygens (including phenoxy) is 1. The van der Waals surface area contributed by atoms with E-state index in [1.165, 1.54) is 17.2 Å². The molecule has 2 aromatic heterocycles. The van der Waals surface area contributed by atoms with Crippen molar-refractivity contribution in [2.24, 2.45) is 0 Å². The molecule has 0 aromatic carbocycles. The number of imidazole rings is 1. The first-order chi connectivity index (χ1) is 13.6. The Morgan fingerprint density at radius 3 is 2.79 bits per heavy atom. The van der Waals surface area contributed by atoms with Gasteiger partial charge in [-0.25, -0.2) is 15.0 Å². The van der Waals surface area contributed by atoms with Crippen molar-refractivity contribution in [3.63, 3.8) is 0 Å². The first-order valence-corrected chi connectivity index (χ1v) is 9.63. The van der Waals surface area contributed by atoms with Crippen molar-refractivity contribution < 1.29 is 24.9 Å². The molecule has 1 aliphatic rings. The number of nitrogens with zero attached hydrogens (tertiary/aromatic N) is 4. The number of hydrogen-bond acceptors (Lipinski definition) is 9. The Kier molecular flexibility index (Phi) is 6.89. The van der Waals surface area contributed by atoms with Crippen LogP contribution in [0.5, 0.6) is 0 Å². The molecule has 1 fully saturated rings. The van der Waals surface area contributed by atoms with Gasteiger partial charge in [-0.1, -0.05) is 19.8 Å². The molecule has 0 spiro atoms. The van der Waals surface area contributed by atoms with Crippen molar-refractivity contribution in [3.05, 3.63) is 12.7 Å². The molecule has 10 heteroatoms. The molecule has 154 valence electrons. The fourth-order valence-corrected chi connectivity index (χ4v) is 3.29. The van der Waals surface area contributed by atoms with Crippen molar-refractivity contribution in [2.45, 2.75) is 69.7 Å². The molecule has 0 saturated carbocycles. The van der Waals surface area contributed by atoms with Crippen molar-refractivity contribution in [3.8, 4) is 0 Å². The average Bonchev–Trinajstić information content (AvgIpc) is 3.26. The molecular formula is C18H27N5O5. The largest absolute Gasteiger partial charge is 0.393 e. The quantitative estimate of drug-likeness (QED) is 0.333. The van der Waals surface area contributed by atoms with Crippen LogP contribution in [0.25, 0.3) is 11.2 Å². The van der Waals surface area contributed by atoms with Crippen molar-refractivity contribution in [2.75, 3.05) is 11.9 Å². The SMILES string of the molecule is CCC(O)CCCCCNc1ncnc2c1ncn2[C@@H]1O[C@H](C=O)[C@@H](O)[C@H]1O. The minimum atomic E-state index is -1.30. The van der Waals surface area contributed by atoms with Crippen LogP contribution in [0.3, 0.4) is 0 Å². The first-order valence-electron chi connectivity index (χ1n) is 9.63. The second-order valence-electron chi connectivity index (χ2n) is 6.99. The van der Waals surface area contributed by atoms with Crippen LogP contribution in [0.2, 0.25) is 0 Å². The van der Waals surface area contributed by atoms with Gasteiger partial charge in [0.2, 0.25) is 0 Å². The third kappa shape index (κ3) is 4.30. The number of nitrogens with one attached hydrogen (secondary N) is 1. The molecule has 2 aromatic rings. The molecule has 0 amide bonds. The maximum atomic E-state index is 11.0. The van der Waals surface area contributed by atoms with Gasteiger partial charge in [-0.2, -0.15) is 0 Å². The number of fused-ring (bicyclic) bond motifs is 1. The smallest absolute Gasteiger partial charge is 0.167 e. The van der Waals surface area contributed by atoms with Gasteiger partial charge in [-0.15, -0.1) is 0 Å². The molecule has 3 heterocycles. The molecular weight excluding hydrogens is 366 g/mol. The number of aromatic nitrogens is 4. The lowest BCUT2D eigenvalue weighted by Crippen LogP contribution is -2.32. The number of aldehydes is 1. The summed E-state index contributed by atoms with van der Waals surface area (Å²) in [5.74, 6) is 0.567. The van der Waals surface area contributed by atoms with Crippen LogP contribution in [0.1, 0.15) is 45.3 Å². The molecule has 1 saturated heterocycles. The lowest BCUT2D eigenvalue weighted by Gasteiger charge is -2.16. The molecule has 1 aliphatic heterocycles. The third-order valence-electron chi connectivity index (χ3n) is 5.02. The van der Waals surface area contributed by atoms with Crippen LogP contribution >= 0.6 is 0 Å². The lowest BCUT2D eigenvalue weighted by molar-refractivity contribution is -0.122. The summed E-state index contributed by atoms with van der Waals surface area (Å²) in [6.45, 7) is 2.68. The average molecular weight is 393 g/mol. The predicted octanol–water partition coefficient (Wildman–Crippen LogP) is 0.388.